The number of likely N-dealkylation sites (N-methyl/N-ethyl adjacent to an activating group) is 1. The van der Waals surface area contributed by atoms with Crippen LogP contribution in [0.5, 0.6) is 0 Å². The van der Waals surface area contributed by atoms with Crippen LogP contribution < -0.4 is 5.32 Å². The maximum absolute atomic E-state index is 12.5. The van der Waals surface area contributed by atoms with Crippen LogP contribution >= 0.6 is 0 Å². The second-order valence-corrected chi connectivity index (χ2v) is 5.84. The molecule has 1 heterocycles. The van der Waals surface area contributed by atoms with Gasteiger partial charge in [0.15, 0.2) is 0 Å². The average Bonchev–Trinajstić information content (AvgIpc) is 2.44. The van der Waals surface area contributed by atoms with Crippen molar-refractivity contribution < 1.29 is 4.79 Å². The van der Waals surface area contributed by atoms with E-state index >= 15 is 0 Å². The van der Waals surface area contributed by atoms with Gasteiger partial charge >= 0.3 is 0 Å². The molecule has 0 bridgehead atoms. The third kappa shape index (κ3) is 2.98. The molecule has 3 heteroatoms. The van der Waals surface area contributed by atoms with Crippen molar-refractivity contribution in [2.75, 3.05) is 7.05 Å². The Labute approximate surface area is 116 Å². The lowest BCUT2D eigenvalue weighted by molar-refractivity contribution is -0.134. The predicted molar refractivity (Wildman–Crippen MR) is 77.8 cm³/mol. The number of nitrogens with zero attached hydrogens (tertiary/aromatic N) is 1. The van der Waals surface area contributed by atoms with Crippen LogP contribution in [0.2, 0.25) is 0 Å². The highest BCUT2D eigenvalue weighted by Crippen LogP contribution is 2.18. The molecule has 0 saturated carbocycles. The van der Waals surface area contributed by atoms with Gasteiger partial charge in [-0.1, -0.05) is 38.1 Å². The quantitative estimate of drug-likeness (QED) is 0.903. The Morgan fingerprint density at radius 3 is 2.53 bits per heavy atom. The van der Waals surface area contributed by atoms with Crippen LogP contribution in [-0.2, 0) is 17.8 Å². The number of fused-ring (bicyclic) bond motifs is 1. The van der Waals surface area contributed by atoms with Gasteiger partial charge in [-0.05, 0) is 30.4 Å². The Morgan fingerprint density at radius 1 is 1.26 bits per heavy atom. The van der Waals surface area contributed by atoms with Gasteiger partial charge in [0.2, 0.25) is 5.91 Å². The van der Waals surface area contributed by atoms with Crippen LogP contribution in [0.25, 0.3) is 0 Å². The molecule has 0 radical (unpaired) electrons. The molecular formula is C16H24N2O. The van der Waals surface area contributed by atoms with E-state index in [4.69, 9.17) is 0 Å². The molecule has 0 saturated heterocycles. The van der Waals surface area contributed by atoms with Crippen LogP contribution in [0.15, 0.2) is 24.3 Å². The topological polar surface area (TPSA) is 32.3 Å². The summed E-state index contributed by atoms with van der Waals surface area (Å²) in [7, 11) is 1.91. The van der Waals surface area contributed by atoms with Crippen LogP contribution in [0, 0.1) is 5.92 Å². The first-order chi connectivity index (χ1) is 9.00. The Kier molecular flexibility index (Phi) is 4.25. The van der Waals surface area contributed by atoms with E-state index in [2.05, 4.69) is 44.3 Å². The van der Waals surface area contributed by atoms with E-state index in [0.717, 1.165) is 13.0 Å². The smallest absolute Gasteiger partial charge is 0.240 e. The number of carbonyl (C=O) groups excluding carboxylic acids is 1. The number of rotatable bonds is 3. The van der Waals surface area contributed by atoms with Gasteiger partial charge in [0, 0.05) is 19.6 Å². The van der Waals surface area contributed by atoms with E-state index < -0.39 is 0 Å². The molecular weight excluding hydrogens is 236 g/mol. The SMILES string of the molecule is CC(C)C(C)N(C)C(=O)[C@H]1Cc2ccccc2CN1. The number of amides is 1. The van der Waals surface area contributed by atoms with E-state index in [1.165, 1.54) is 11.1 Å². The summed E-state index contributed by atoms with van der Waals surface area (Å²) < 4.78 is 0. The van der Waals surface area contributed by atoms with Gasteiger partial charge in [-0.15, -0.1) is 0 Å². The number of benzene rings is 1. The first-order valence-electron chi connectivity index (χ1n) is 7.07. The Hall–Kier alpha value is -1.35. The van der Waals surface area contributed by atoms with Crippen LogP contribution in [0.4, 0.5) is 0 Å². The van der Waals surface area contributed by atoms with Crippen molar-refractivity contribution in [2.45, 2.75) is 45.8 Å². The van der Waals surface area contributed by atoms with Gasteiger partial charge in [0.05, 0.1) is 6.04 Å². The fourth-order valence-electron chi connectivity index (χ4n) is 2.52. The van der Waals surface area contributed by atoms with Crippen molar-refractivity contribution in [1.29, 1.82) is 0 Å². The Balaban J connectivity index is 2.06. The predicted octanol–water partition coefficient (Wildman–Crippen LogP) is 2.20. The summed E-state index contributed by atoms with van der Waals surface area (Å²) >= 11 is 0. The van der Waals surface area contributed by atoms with E-state index in [9.17, 15) is 4.79 Å². The normalized spacial score (nSPS) is 19.9. The van der Waals surface area contributed by atoms with Gasteiger partial charge in [0.1, 0.15) is 0 Å². The van der Waals surface area contributed by atoms with E-state index in [1.54, 1.807) is 0 Å². The summed E-state index contributed by atoms with van der Waals surface area (Å²) in [5.74, 6) is 0.681. The first kappa shape index (κ1) is 14.1. The second-order valence-electron chi connectivity index (χ2n) is 5.84. The summed E-state index contributed by atoms with van der Waals surface area (Å²) in [4.78, 5) is 14.4. The molecule has 0 spiro atoms. The number of carbonyl (C=O) groups is 1. The Bertz CT molecular complexity index is 456. The molecule has 19 heavy (non-hydrogen) atoms. The summed E-state index contributed by atoms with van der Waals surface area (Å²) in [6, 6.07) is 8.54. The largest absolute Gasteiger partial charge is 0.341 e. The highest BCUT2D eigenvalue weighted by Gasteiger charge is 2.28. The molecule has 1 aromatic rings. The van der Waals surface area contributed by atoms with E-state index in [1.807, 2.05) is 18.0 Å². The molecule has 1 aliphatic heterocycles. The summed E-state index contributed by atoms with van der Waals surface area (Å²) in [5, 5.41) is 3.36. The lowest BCUT2D eigenvalue weighted by Crippen LogP contribution is -2.51. The van der Waals surface area contributed by atoms with Crippen molar-refractivity contribution in [3.8, 4) is 0 Å². The third-order valence-corrected chi connectivity index (χ3v) is 4.30. The van der Waals surface area contributed by atoms with Crippen molar-refractivity contribution >= 4 is 5.91 Å². The number of hydrogen-bond donors (Lipinski definition) is 1. The second kappa shape index (κ2) is 5.74. The minimum absolute atomic E-state index is 0.0823. The standard InChI is InChI=1S/C16H24N2O/c1-11(2)12(3)18(4)16(19)15-9-13-7-5-6-8-14(13)10-17-15/h5-8,11-12,15,17H,9-10H2,1-4H3/t12?,15-/m1/s1. The molecule has 0 fully saturated rings. The van der Waals surface area contributed by atoms with E-state index in [0.29, 0.717) is 5.92 Å². The van der Waals surface area contributed by atoms with Crippen molar-refractivity contribution in [1.82, 2.24) is 10.2 Å². The molecule has 2 atom stereocenters. The zero-order valence-corrected chi connectivity index (χ0v) is 12.3. The number of hydrogen-bond acceptors (Lipinski definition) is 2. The van der Waals surface area contributed by atoms with Crippen molar-refractivity contribution in [2.24, 2.45) is 5.92 Å². The molecule has 1 amide bonds. The third-order valence-electron chi connectivity index (χ3n) is 4.30. The van der Waals surface area contributed by atoms with Crippen LogP contribution in [0.3, 0.4) is 0 Å². The molecule has 1 N–H and O–H groups in total. The van der Waals surface area contributed by atoms with Gasteiger partial charge in [-0.2, -0.15) is 0 Å². The fraction of sp³-hybridized carbons (Fsp3) is 0.562. The maximum Gasteiger partial charge on any atom is 0.240 e. The zero-order valence-electron chi connectivity index (χ0n) is 12.3. The summed E-state index contributed by atoms with van der Waals surface area (Å²) in [5.41, 5.74) is 2.61. The van der Waals surface area contributed by atoms with Gasteiger partial charge in [0.25, 0.3) is 0 Å². The molecule has 0 aromatic heterocycles. The monoisotopic (exact) mass is 260 g/mol. The summed E-state index contributed by atoms with van der Waals surface area (Å²) in [6.07, 6.45) is 0.796. The lowest BCUT2D eigenvalue weighted by atomic mass is 9.94. The molecule has 3 nitrogen and oxygen atoms in total. The molecule has 2 rings (SSSR count). The molecule has 104 valence electrons. The van der Waals surface area contributed by atoms with Crippen LogP contribution in [0.1, 0.15) is 31.9 Å². The van der Waals surface area contributed by atoms with Gasteiger partial charge in [-0.25, -0.2) is 0 Å². The first-order valence-corrected chi connectivity index (χ1v) is 7.07. The molecule has 1 aliphatic rings. The lowest BCUT2D eigenvalue weighted by Gasteiger charge is -2.33. The minimum Gasteiger partial charge on any atom is -0.341 e. The maximum atomic E-state index is 12.5. The fourth-order valence-corrected chi connectivity index (χ4v) is 2.52. The molecule has 1 unspecified atom stereocenters. The summed E-state index contributed by atoms with van der Waals surface area (Å²) in [6.45, 7) is 7.20. The average molecular weight is 260 g/mol. The van der Waals surface area contributed by atoms with Crippen molar-refractivity contribution in [3.05, 3.63) is 35.4 Å². The zero-order chi connectivity index (χ0) is 14.0. The van der Waals surface area contributed by atoms with E-state index in [-0.39, 0.29) is 18.0 Å². The van der Waals surface area contributed by atoms with Crippen LogP contribution in [-0.4, -0.2) is 29.9 Å². The Morgan fingerprint density at radius 2 is 1.89 bits per heavy atom. The van der Waals surface area contributed by atoms with Crippen molar-refractivity contribution in [3.63, 3.8) is 0 Å². The molecule has 1 aromatic carbocycles. The van der Waals surface area contributed by atoms with Gasteiger partial charge in [-0.3, -0.25) is 4.79 Å². The minimum atomic E-state index is -0.0823. The van der Waals surface area contributed by atoms with Gasteiger partial charge < -0.3 is 10.2 Å². The molecule has 0 aliphatic carbocycles. The number of nitrogens with one attached hydrogen (secondary N) is 1. The highest BCUT2D eigenvalue weighted by molar-refractivity contribution is 5.82. The highest BCUT2D eigenvalue weighted by atomic mass is 16.2.